The normalized spacial score (nSPS) is 14.6. The lowest BCUT2D eigenvalue weighted by atomic mass is 10.2. The van der Waals surface area contributed by atoms with Crippen LogP contribution in [-0.4, -0.2) is 71.8 Å². The van der Waals surface area contributed by atoms with Crippen molar-refractivity contribution in [1.29, 1.82) is 0 Å². The fraction of sp³-hybridized carbons (Fsp3) is 0.458. The van der Waals surface area contributed by atoms with Crippen LogP contribution in [0.5, 0.6) is 5.75 Å². The summed E-state index contributed by atoms with van der Waals surface area (Å²) in [4.78, 5) is 15.1. The minimum Gasteiger partial charge on any atom is -0.494 e. The number of morpholine rings is 1. The van der Waals surface area contributed by atoms with E-state index in [-0.39, 0.29) is 17.3 Å². The Morgan fingerprint density at radius 2 is 1.76 bits per heavy atom. The highest BCUT2D eigenvalue weighted by molar-refractivity contribution is 7.92. The molecule has 1 amide bonds. The Balaban J connectivity index is 1.69. The highest BCUT2D eigenvalue weighted by Crippen LogP contribution is 2.26. The third-order valence-electron chi connectivity index (χ3n) is 5.41. The molecule has 0 radical (unpaired) electrons. The monoisotopic (exact) mass is 475 g/mol. The second kappa shape index (κ2) is 12.0. The maximum Gasteiger partial charge on any atom is 0.264 e. The number of rotatable bonds is 11. The fourth-order valence-electron chi connectivity index (χ4n) is 3.57. The number of aryl methyl sites for hydroxylation is 1. The van der Waals surface area contributed by atoms with Crippen molar-refractivity contribution in [2.24, 2.45) is 0 Å². The number of nitrogens with one attached hydrogen (secondary N) is 1. The van der Waals surface area contributed by atoms with Crippen molar-refractivity contribution < 1.29 is 22.7 Å². The van der Waals surface area contributed by atoms with Gasteiger partial charge in [0.05, 0.1) is 30.4 Å². The molecule has 0 saturated carbocycles. The van der Waals surface area contributed by atoms with E-state index in [1.54, 1.807) is 48.5 Å². The Morgan fingerprint density at radius 3 is 2.39 bits per heavy atom. The molecule has 180 valence electrons. The van der Waals surface area contributed by atoms with Gasteiger partial charge in [0.15, 0.2) is 0 Å². The average molecular weight is 476 g/mol. The molecule has 0 unspecified atom stereocenters. The summed E-state index contributed by atoms with van der Waals surface area (Å²) < 4.78 is 38.8. The van der Waals surface area contributed by atoms with Crippen molar-refractivity contribution in [3.63, 3.8) is 0 Å². The zero-order chi connectivity index (χ0) is 23.7. The Hall–Kier alpha value is -2.62. The van der Waals surface area contributed by atoms with E-state index < -0.39 is 10.0 Å². The van der Waals surface area contributed by atoms with Gasteiger partial charge >= 0.3 is 0 Å². The molecule has 0 aliphatic carbocycles. The van der Waals surface area contributed by atoms with Gasteiger partial charge in [-0.1, -0.05) is 17.7 Å². The number of ether oxygens (including phenoxy) is 2. The number of anilines is 1. The Labute approximate surface area is 196 Å². The van der Waals surface area contributed by atoms with E-state index in [0.29, 0.717) is 24.6 Å². The molecule has 33 heavy (non-hydrogen) atoms. The van der Waals surface area contributed by atoms with Gasteiger partial charge in [0.1, 0.15) is 12.3 Å². The number of carbonyl (C=O) groups is 1. The van der Waals surface area contributed by atoms with Gasteiger partial charge in [-0.3, -0.25) is 14.0 Å². The molecule has 8 nitrogen and oxygen atoms in total. The van der Waals surface area contributed by atoms with Crippen LogP contribution < -0.4 is 14.4 Å². The molecule has 1 aliphatic heterocycles. The van der Waals surface area contributed by atoms with E-state index in [1.165, 1.54) is 0 Å². The van der Waals surface area contributed by atoms with Crippen molar-refractivity contribution >= 4 is 21.6 Å². The summed E-state index contributed by atoms with van der Waals surface area (Å²) in [6, 6.07) is 13.3. The number of hydrogen-bond acceptors (Lipinski definition) is 6. The number of hydrogen-bond donors (Lipinski definition) is 1. The predicted octanol–water partition coefficient (Wildman–Crippen LogP) is 2.43. The second-order valence-electron chi connectivity index (χ2n) is 7.91. The maximum absolute atomic E-state index is 13.4. The van der Waals surface area contributed by atoms with Crippen LogP contribution in [0, 0.1) is 6.92 Å². The smallest absolute Gasteiger partial charge is 0.264 e. The van der Waals surface area contributed by atoms with Gasteiger partial charge in [-0.15, -0.1) is 0 Å². The number of carbonyl (C=O) groups excluding carboxylic acids is 1. The zero-order valence-electron chi connectivity index (χ0n) is 19.3. The average Bonchev–Trinajstić information content (AvgIpc) is 2.82. The molecule has 0 aromatic heterocycles. The van der Waals surface area contributed by atoms with Gasteiger partial charge in [0.2, 0.25) is 5.91 Å². The van der Waals surface area contributed by atoms with E-state index >= 15 is 0 Å². The molecule has 2 aromatic rings. The molecular formula is C24H33N3O5S. The summed E-state index contributed by atoms with van der Waals surface area (Å²) in [7, 11) is -3.93. The van der Waals surface area contributed by atoms with Crippen molar-refractivity contribution in [3.8, 4) is 5.75 Å². The molecule has 1 heterocycles. The Kier molecular flexibility index (Phi) is 9.11. The number of amides is 1. The summed E-state index contributed by atoms with van der Waals surface area (Å²) in [5.74, 6) is 0.294. The van der Waals surface area contributed by atoms with E-state index in [9.17, 15) is 13.2 Å². The largest absolute Gasteiger partial charge is 0.494 e. The zero-order valence-corrected chi connectivity index (χ0v) is 20.1. The highest BCUT2D eigenvalue weighted by Gasteiger charge is 2.27. The first-order chi connectivity index (χ1) is 15.9. The van der Waals surface area contributed by atoms with Gasteiger partial charge in [-0.05, 0) is 63.2 Å². The molecular weight excluding hydrogens is 442 g/mol. The third kappa shape index (κ3) is 7.18. The lowest BCUT2D eigenvalue weighted by molar-refractivity contribution is -0.119. The molecule has 1 saturated heterocycles. The van der Waals surface area contributed by atoms with Crippen LogP contribution in [-0.2, 0) is 19.6 Å². The van der Waals surface area contributed by atoms with Crippen molar-refractivity contribution in [3.05, 3.63) is 54.1 Å². The number of benzene rings is 2. The molecule has 9 heteroatoms. The van der Waals surface area contributed by atoms with Gasteiger partial charge in [-0.25, -0.2) is 8.42 Å². The summed E-state index contributed by atoms with van der Waals surface area (Å²) >= 11 is 0. The van der Waals surface area contributed by atoms with Gasteiger partial charge in [0.25, 0.3) is 10.0 Å². The van der Waals surface area contributed by atoms with Crippen molar-refractivity contribution in [2.45, 2.75) is 25.2 Å². The van der Waals surface area contributed by atoms with Crippen molar-refractivity contribution in [2.75, 3.05) is 56.8 Å². The van der Waals surface area contributed by atoms with Gasteiger partial charge in [0, 0.05) is 19.6 Å². The highest BCUT2D eigenvalue weighted by atomic mass is 32.2. The van der Waals surface area contributed by atoms with Crippen LogP contribution in [0.1, 0.15) is 18.9 Å². The second-order valence-corrected chi connectivity index (χ2v) is 9.77. The van der Waals surface area contributed by atoms with Gasteiger partial charge < -0.3 is 14.8 Å². The molecule has 3 rings (SSSR count). The van der Waals surface area contributed by atoms with E-state index in [4.69, 9.17) is 9.47 Å². The van der Waals surface area contributed by atoms with Crippen molar-refractivity contribution in [1.82, 2.24) is 10.2 Å². The topological polar surface area (TPSA) is 88.2 Å². The van der Waals surface area contributed by atoms with Crippen LogP contribution in [0.3, 0.4) is 0 Å². The molecule has 1 aliphatic rings. The van der Waals surface area contributed by atoms with E-state index in [2.05, 4.69) is 10.2 Å². The molecule has 0 spiro atoms. The lowest BCUT2D eigenvalue weighted by Crippen LogP contribution is -2.42. The summed E-state index contributed by atoms with van der Waals surface area (Å²) in [5, 5.41) is 2.86. The Bertz CT molecular complexity index is 988. The fourth-order valence-corrected chi connectivity index (χ4v) is 4.99. The summed E-state index contributed by atoms with van der Waals surface area (Å²) in [5.41, 5.74) is 1.36. The quantitative estimate of drug-likeness (QED) is 0.502. The summed E-state index contributed by atoms with van der Waals surface area (Å²) in [6.07, 6.45) is 0.791. The molecule has 2 aromatic carbocycles. The Morgan fingerprint density at radius 1 is 1.09 bits per heavy atom. The minimum atomic E-state index is -3.93. The van der Waals surface area contributed by atoms with Gasteiger partial charge in [-0.2, -0.15) is 0 Å². The van der Waals surface area contributed by atoms with E-state index in [1.807, 2.05) is 13.8 Å². The van der Waals surface area contributed by atoms with Crippen LogP contribution in [0.25, 0.3) is 0 Å². The predicted molar refractivity (Wildman–Crippen MR) is 128 cm³/mol. The third-order valence-corrected chi connectivity index (χ3v) is 7.20. The molecule has 1 N–H and O–H groups in total. The van der Waals surface area contributed by atoms with Crippen LogP contribution in [0.15, 0.2) is 53.4 Å². The first-order valence-corrected chi connectivity index (χ1v) is 12.7. The van der Waals surface area contributed by atoms with E-state index in [0.717, 1.165) is 49.1 Å². The minimum absolute atomic E-state index is 0.141. The molecule has 1 fully saturated rings. The van der Waals surface area contributed by atoms with Crippen LogP contribution in [0.2, 0.25) is 0 Å². The van der Waals surface area contributed by atoms with Crippen LogP contribution >= 0.6 is 0 Å². The standard InChI is InChI=1S/C24H33N3O5S/c1-3-32-22-9-7-21(8-10-22)27(33(29,30)23-11-5-20(2)6-12-23)19-24(28)25-13-4-14-26-15-17-31-18-16-26/h5-12H,3-4,13-19H2,1-2H3,(H,25,28). The first-order valence-electron chi connectivity index (χ1n) is 11.3. The molecule has 0 atom stereocenters. The maximum atomic E-state index is 13.4. The van der Waals surface area contributed by atoms with Crippen LogP contribution in [0.4, 0.5) is 5.69 Å². The molecule has 0 bridgehead atoms. The number of nitrogens with zero attached hydrogens (tertiary/aromatic N) is 2. The lowest BCUT2D eigenvalue weighted by Gasteiger charge is -2.26. The SMILES string of the molecule is CCOc1ccc(N(CC(=O)NCCCN2CCOCC2)S(=O)(=O)c2ccc(C)cc2)cc1. The number of sulfonamides is 1. The summed E-state index contributed by atoms with van der Waals surface area (Å²) in [6.45, 7) is 8.60. The first kappa shape index (κ1) is 25.0.